The van der Waals surface area contributed by atoms with Crippen molar-refractivity contribution in [3.05, 3.63) is 23.8 Å². The van der Waals surface area contributed by atoms with E-state index in [0.29, 0.717) is 19.4 Å². The van der Waals surface area contributed by atoms with E-state index in [4.69, 9.17) is 4.74 Å². The number of methoxy groups -OCH3 is 1. The molecule has 19 heavy (non-hydrogen) atoms. The van der Waals surface area contributed by atoms with Gasteiger partial charge in [0.25, 0.3) is 0 Å². The van der Waals surface area contributed by atoms with Gasteiger partial charge in [0.1, 0.15) is 11.8 Å². The van der Waals surface area contributed by atoms with Gasteiger partial charge in [0.2, 0.25) is 11.8 Å². The zero-order chi connectivity index (χ0) is 13.4. The summed E-state index contributed by atoms with van der Waals surface area (Å²) in [6.45, 7) is 0.698. The molecule has 0 bridgehead atoms. The van der Waals surface area contributed by atoms with Gasteiger partial charge < -0.3 is 4.74 Å². The smallest absolute Gasteiger partial charge is 0.244 e. The molecule has 0 saturated carbocycles. The Morgan fingerprint density at radius 2 is 2.26 bits per heavy atom. The Kier molecular flexibility index (Phi) is 3.20. The molecule has 0 radical (unpaired) electrons. The number of rotatable bonds is 2. The summed E-state index contributed by atoms with van der Waals surface area (Å²) in [5, 5.41) is 2.40. The maximum absolute atomic E-state index is 11.9. The highest BCUT2D eigenvalue weighted by Crippen LogP contribution is 2.43. The number of nitrogens with one attached hydrogen (secondary N) is 1. The molecule has 1 aromatic rings. The Bertz CT molecular complexity index is 547. The quantitative estimate of drug-likeness (QED) is 0.653. The van der Waals surface area contributed by atoms with E-state index in [2.05, 4.69) is 5.32 Å². The summed E-state index contributed by atoms with van der Waals surface area (Å²) in [6, 6.07) is 5.66. The largest absolute Gasteiger partial charge is 0.496 e. The third kappa shape index (κ3) is 2.21. The van der Waals surface area contributed by atoms with Crippen LogP contribution in [0.1, 0.15) is 18.4 Å². The Balaban J connectivity index is 1.80. The standard InChI is InChI=1S/C13H14N2O3S/c1-18-10-4-2-3-8-7-15(19-12(8)10)9-5-6-11(16)14-13(9)17/h2-4,9H,5-7H2,1H3,(H,14,16,17). The summed E-state index contributed by atoms with van der Waals surface area (Å²) in [4.78, 5) is 24.1. The van der Waals surface area contributed by atoms with Crippen LogP contribution in [0.3, 0.4) is 0 Å². The number of hydrogen-bond acceptors (Lipinski definition) is 5. The van der Waals surface area contributed by atoms with Gasteiger partial charge in [-0.05, 0) is 30.0 Å². The van der Waals surface area contributed by atoms with Gasteiger partial charge in [0.05, 0.1) is 12.0 Å². The lowest BCUT2D eigenvalue weighted by Gasteiger charge is -2.27. The van der Waals surface area contributed by atoms with E-state index < -0.39 is 0 Å². The van der Waals surface area contributed by atoms with Crippen LogP contribution in [0.25, 0.3) is 0 Å². The second-order valence-corrected chi connectivity index (χ2v) is 5.64. The number of fused-ring (bicyclic) bond motifs is 1. The molecule has 5 nitrogen and oxygen atoms in total. The molecule has 1 fully saturated rings. The van der Waals surface area contributed by atoms with Crippen molar-refractivity contribution in [2.45, 2.75) is 30.3 Å². The number of carbonyl (C=O) groups excluding carboxylic acids is 2. The number of carbonyl (C=O) groups is 2. The van der Waals surface area contributed by atoms with Crippen LogP contribution < -0.4 is 10.1 Å². The van der Waals surface area contributed by atoms with E-state index >= 15 is 0 Å². The van der Waals surface area contributed by atoms with Crippen molar-refractivity contribution in [1.82, 2.24) is 9.62 Å². The van der Waals surface area contributed by atoms with Gasteiger partial charge in [-0.15, -0.1) is 0 Å². The average Bonchev–Trinajstić information content (AvgIpc) is 2.81. The lowest BCUT2D eigenvalue weighted by molar-refractivity contribution is -0.136. The van der Waals surface area contributed by atoms with Crippen LogP contribution in [-0.4, -0.2) is 29.3 Å². The molecule has 2 heterocycles. The number of nitrogens with zero attached hydrogens (tertiary/aromatic N) is 1. The predicted octanol–water partition coefficient (Wildman–Crippen LogP) is 1.32. The molecule has 100 valence electrons. The molecule has 0 aliphatic carbocycles. The second-order valence-electron chi connectivity index (χ2n) is 4.58. The number of benzene rings is 1. The first-order valence-corrected chi connectivity index (χ1v) is 6.90. The molecule has 0 spiro atoms. The molecule has 1 atom stereocenters. The molecule has 3 rings (SSSR count). The van der Waals surface area contributed by atoms with E-state index in [1.54, 1.807) is 7.11 Å². The van der Waals surface area contributed by atoms with Crippen LogP contribution in [0, 0.1) is 0 Å². The van der Waals surface area contributed by atoms with E-state index in [1.807, 2.05) is 22.5 Å². The molecule has 1 N–H and O–H groups in total. The van der Waals surface area contributed by atoms with E-state index in [9.17, 15) is 9.59 Å². The Labute approximate surface area is 115 Å². The van der Waals surface area contributed by atoms with Gasteiger partial charge in [0.15, 0.2) is 0 Å². The summed E-state index contributed by atoms with van der Waals surface area (Å²) < 4.78 is 7.36. The van der Waals surface area contributed by atoms with Crippen molar-refractivity contribution >= 4 is 23.8 Å². The highest BCUT2D eigenvalue weighted by Gasteiger charge is 2.36. The fraction of sp³-hybridized carbons (Fsp3) is 0.385. The summed E-state index contributed by atoms with van der Waals surface area (Å²) in [7, 11) is 1.64. The molecule has 2 aliphatic rings. The van der Waals surface area contributed by atoms with Gasteiger partial charge >= 0.3 is 0 Å². The van der Waals surface area contributed by atoms with Crippen molar-refractivity contribution in [2.75, 3.05) is 7.11 Å². The van der Waals surface area contributed by atoms with E-state index in [0.717, 1.165) is 16.2 Å². The first-order valence-electron chi connectivity index (χ1n) is 6.13. The van der Waals surface area contributed by atoms with Crippen LogP contribution in [-0.2, 0) is 16.1 Å². The first kappa shape index (κ1) is 12.5. The lowest BCUT2D eigenvalue weighted by atomic mass is 10.1. The highest BCUT2D eigenvalue weighted by atomic mass is 32.2. The Morgan fingerprint density at radius 1 is 1.42 bits per heavy atom. The van der Waals surface area contributed by atoms with Gasteiger partial charge in [-0.25, -0.2) is 4.31 Å². The van der Waals surface area contributed by atoms with Gasteiger partial charge in [0, 0.05) is 13.0 Å². The molecule has 1 aromatic carbocycles. The monoisotopic (exact) mass is 278 g/mol. The minimum absolute atomic E-state index is 0.180. The molecule has 1 unspecified atom stereocenters. The predicted molar refractivity (Wildman–Crippen MR) is 70.6 cm³/mol. The molecule has 1 saturated heterocycles. The summed E-state index contributed by atoms with van der Waals surface area (Å²) in [5.41, 5.74) is 1.16. The van der Waals surface area contributed by atoms with Gasteiger partial charge in [-0.2, -0.15) is 0 Å². The molecule has 2 aliphatic heterocycles. The number of imide groups is 1. The van der Waals surface area contributed by atoms with Crippen LogP contribution in [0.15, 0.2) is 23.1 Å². The summed E-state index contributed by atoms with van der Waals surface area (Å²) in [5.74, 6) is 0.452. The van der Waals surface area contributed by atoms with Crippen molar-refractivity contribution in [1.29, 1.82) is 0 Å². The molecule has 6 heteroatoms. The van der Waals surface area contributed by atoms with Gasteiger partial charge in [-0.3, -0.25) is 14.9 Å². The summed E-state index contributed by atoms with van der Waals surface area (Å²) >= 11 is 1.54. The maximum Gasteiger partial charge on any atom is 0.244 e. The zero-order valence-corrected chi connectivity index (χ0v) is 11.3. The third-order valence-corrected chi connectivity index (χ3v) is 4.64. The fourth-order valence-corrected chi connectivity index (χ4v) is 3.66. The van der Waals surface area contributed by atoms with Crippen LogP contribution in [0.2, 0.25) is 0 Å². The fourth-order valence-electron chi connectivity index (χ4n) is 2.40. The summed E-state index contributed by atoms with van der Waals surface area (Å²) in [6.07, 6.45) is 0.981. The average molecular weight is 278 g/mol. The van der Waals surface area contributed by atoms with Crippen molar-refractivity contribution in [3.8, 4) is 5.75 Å². The lowest BCUT2D eigenvalue weighted by Crippen LogP contribution is -2.49. The van der Waals surface area contributed by atoms with E-state index in [1.165, 1.54) is 11.9 Å². The van der Waals surface area contributed by atoms with Crippen molar-refractivity contribution in [2.24, 2.45) is 0 Å². The van der Waals surface area contributed by atoms with Crippen molar-refractivity contribution < 1.29 is 14.3 Å². The maximum atomic E-state index is 11.9. The number of piperidine rings is 1. The molecular formula is C13H14N2O3S. The SMILES string of the molecule is COc1cccc2c1SN(C1CCC(=O)NC1=O)C2. The minimum atomic E-state index is -0.250. The molecule has 2 amide bonds. The van der Waals surface area contributed by atoms with Gasteiger partial charge in [-0.1, -0.05) is 12.1 Å². The number of ether oxygens (including phenoxy) is 1. The van der Waals surface area contributed by atoms with Crippen molar-refractivity contribution in [3.63, 3.8) is 0 Å². The first-order chi connectivity index (χ1) is 9.19. The zero-order valence-electron chi connectivity index (χ0n) is 10.5. The molecule has 0 aromatic heterocycles. The normalized spacial score (nSPS) is 23.1. The van der Waals surface area contributed by atoms with Crippen LogP contribution in [0.4, 0.5) is 0 Å². The molecular weight excluding hydrogens is 264 g/mol. The Morgan fingerprint density at radius 3 is 3.00 bits per heavy atom. The van der Waals surface area contributed by atoms with Crippen LogP contribution in [0.5, 0.6) is 5.75 Å². The van der Waals surface area contributed by atoms with Crippen LogP contribution >= 0.6 is 11.9 Å². The topological polar surface area (TPSA) is 58.6 Å². The Hall–Kier alpha value is -1.53. The second kappa shape index (κ2) is 4.86. The highest BCUT2D eigenvalue weighted by molar-refractivity contribution is 7.97. The third-order valence-electron chi connectivity index (χ3n) is 3.37. The minimum Gasteiger partial charge on any atom is -0.496 e. The number of amides is 2. The number of hydrogen-bond donors (Lipinski definition) is 1. The van der Waals surface area contributed by atoms with E-state index in [-0.39, 0.29) is 17.9 Å².